The van der Waals surface area contributed by atoms with Gasteiger partial charge in [-0.15, -0.1) is 0 Å². The fraction of sp³-hybridized carbons (Fsp3) is 0.833. The van der Waals surface area contributed by atoms with Gasteiger partial charge in [-0.1, -0.05) is 0 Å². The maximum absolute atomic E-state index is 9.98. The molecule has 0 aliphatic rings. The van der Waals surface area contributed by atoms with E-state index in [1.807, 2.05) is 0 Å². The Balaban J connectivity index is -0.0000000192. The first-order valence-electron chi connectivity index (χ1n) is 6.91. The van der Waals surface area contributed by atoms with Gasteiger partial charge in [0.1, 0.15) is 48.8 Å². The van der Waals surface area contributed by atoms with Crippen LogP contribution >= 0.6 is 0 Å². The summed E-state index contributed by atoms with van der Waals surface area (Å²) >= 11 is 0. The number of carboxylic acids is 2. The average Bonchev–Trinajstić information content (AvgIpc) is 2.62. The molecule has 0 unspecified atom stereocenters. The summed E-state index contributed by atoms with van der Waals surface area (Å²) < 4.78 is 0. The van der Waals surface area contributed by atoms with Crippen molar-refractivity contribution in [1.82, 2.24) is 0 Å². The fourth-order valence-corrected chi connectivity index (χ4v) is 1.32. The number of carboxylic acid groups (broad SMARTS) is 2. The Kier molecular flexibility index (Phi) is 103. The number of aliphatic hydroxyl groups excluding tert-OH is 10. The van der Waals surface area contributed by atoms with E-state index in [-0.39, 0.29) is 173 Å². The van der Waals surface area contributed by atoms with E-state index < -0.39 is 74.0 Å². The Morgan fingerprint density at radius 2 is 0.730 bits per heavy atom. The first-order valence-corrected chi connectivity index (χ1v) is 6.91. The van der Waals surface area contributed by atoms with Gasteiger partial charge in [-0.3, -0.25) is 0 Å². The fourth-order valence-electron chi connectivity index (χ4n) is 1.32. The summed E-state index contributed by atoms with van der Waals surface area (Å²) in [5, 5.41) is 107. The van der Waals surface area contributed by atoms with Crippen molar-refractivity contribution in [3.8, 4) is 0 Å². The van der Waals surface area contributed by atoms with Gasteiger partial charge in [0, 0.05) is 0 Å². The molecule has 0 aromatic carbocycles. The van der Waals surface area contributed by atoms with E-state index in [2.05, 4.69) is 0 Å². The minimum Gasteiger partial charge on any atom is -1.00 e. The first-order chi connectivity index (χ1) is 11.8. The Bertz CT molecular complexity index is 421. The predicted octanol–water partition coefficient (Wildman–Crippen LogP) is -23.9. The van der Waals surface area contributed by atoms with Crippen LogP contribution in [-0.4, -0.2) is 203 Å². The van der Waals surface area contributed by atoms with Crippen LogP contribution < -0.4 is 86.4 Å². The molecule has 0 aromatic rings. The zero-order chi connectivity index (χ0) is 21.2. The first kappa shape index (κ1) is 83.4. The second-order valence-corrected chi connectivity index (χ2v) is 4.99. The smallest absolute Gasteiger partial charge is 1.00 e. The summed E-state index contributed by atoms with van der Waals surface area (Å²) in [5.74, 6) is -3.95. The van der Waals surface area contributed by atoms with Gasteiger partial charge in [0.05, 0.1) is 25.2 Å². The van der Waals surface area contributed by atoms with Crippen molar-refractivity contribution >= 4 is 57.4 Å². The summed E-state index contributed by atoms with van der Waals surface area (Å²) in [4.78, 5) is 20.0. The summed E-state index contributed by atoms with van der Waals surface area (Å²) in [7, 11) is 0. The summed E-state index contributed by atoms with van der Waals surface area (Å²) in [6.07, 6.45) is -16.2. The molecule has 0 saturated carbocycles. The van der Waals surface area contributed by atoms with Crippen LogP contribution in [0.4, 0.5) is 0 Å². The molecule has 1 radical (unpaired) electrons. The summed E-state index contributed by atoms with van der Waals surface area (Å²) in [6.45, 7) is -1.73. The van der Waals surface area contributed by atoms with Gasteiger partial charge in [-0.25, -0.2) is 0 Å². The van der Waals surface area contributed by atoms with E-state index in [4.69, 9.17) is 51.1 Å². The predicted molar refractivity (Wildman–Crippen MR) is 101 cm³/mol. The second kappa shape index (κ2) is 45.5. The molecule has 20 nitrogen and oxygen atoms in total. The Hall–Kier alpha value is 2.52. The second-order valence-electron chi connectivity index (χ2n) is 4.99. The van der Waals surface area contributed by atoms with Crippen molar-refractivity contribution in [3.63, 3.8) is 0 Å². The van der Waals surface area contributed by atoms with Gasteiger partial charge in [-0.2, -0.15) is 0 Å². The molecular weight excluding hydrogens is 725 g/mol. The molecule has 0 aromatic heterocycles. The van der Waals surface area contributed by atoms with Gasteiger partial charge >= 0.3 is 114 Å². The van der Waals surface area contributed by atoms with Crippen molar-refractivity contribution < 1.29 is 198 Å². The third-order valence-corrected chi connectivity index (χ3v) is 2.99. The minimum absolute atomic E-state index is 0. The number of hydrogen-bond donors (Lipinski definition) is 10. The van der Waals surface area contributed by atoms with Crippen LogP contribution in [0, 0.1) is 0 Å². The van der Waals surface area contributed by atoms with Gasteiger partial charge in [-0.05, 0) is 0 Å². The molecule has 0 heterocycles. The molecule has 0 aliphatic heterocycles. The molecule has 0 aliphatic carbocycles. The number of hydrogen-bond acceptors (Lipinski definition) is 14. The van der Waals surface area contributed by atoms with E-state index in [0.29, 0.717) is 0 Å². The van der Waals surface area contributed by atoms with Crippen LogP contribution in [0.2, 0.25) is 0 Å². The van der Waals surface area contributed by atoms with Crippen LogP contribution in [0.3, 0.4) is 0 Å². The minimum atomic E-state index is -2.31. The molecule has 25 heteroatoms. The van der Waals surface area contributed by atoms with Crippen LogP contribution in [0.15, 0.2) is 0 Å². The SMILES string of the molecule is O.O.O.O.O.O.O=C([O-])[C@H](O)[C@@H](O)[C@H](O)[C@H](O)CO.O=C([O-])[C@H](O)[C@@H](O)[C@H](O)[C@H](O)CO.[Cl-].[Cl-].[Cu+2].[H-].[K+].[Sr+2]. The number of aliphatic carboxylic acids is 2. The van der Waals surface area contributed by atoms with E-state index in [0.717, 1.165) is 0 Å². The number of aliphatic hydroxyl groups is 10. The van der Waals surface area contributed by atoms with Crippen molar-refractivity contribution in [2.45, 2.75) is 48.8 Å². The molecule has 8 atom stereocenters. The van der Waals surface area contributed by atoms with E-state index in [1.54, 1.807) is 0 Å². The molecule has 37 heavy (non-hydrogen) atoms. The van der Waals surface area contributed by atoms with E-state index in [9.17, 15) is 19.8 Å². The van der Waals surface area contributed by atoms with Crippen LogP contribution in [0.1, 0.15) is 1.43 Å². The zero-order valence-corrected chi connectivity index (χ0v) is 28.0. The quantitative estimate of drug-likeness (QED) is 0.0925. The molecule has 0 amide bonds. The third-order valence-electron chi connectivity index (χ3n) is 2.99. The molecular formula is C12H35Cl2CuKO20Sr. The average molecular weight is 761 g/mol. The summed E-state index contributed by atoms with van der Waals surface area (Å²) in [5.41, 5.74) is 0. The topological polar surface area (TPSA) is 472 Å². The van der Waals surface area contributed by atoms with Crippen LogP contribution in [0.25, 0.3) is 0 Å². The standard InChI is InChI=1S/2C6H12O7.2ClH.Cu.K.6H2O.Sr.H/c2*7-1-2(8)3(9)4(10)5(11)6(12)13;;;;;;;;;;;;/h2*2-5,7-11H,1H2,(H,12,13);2*1H;;;6*1H2;;/q;;;;+2;+1;;;;;;;+2;-1/p-4/t2*2-,3-,4+,5-;;;;;;;;;;;;/m11............/s1. The van der Waals surface area contributed by atoms with Crippen molar-refractivity contribution in [3.05, 3.63) is 0 Å². The maximum Gasteiger partial charge on any atom is 2.00 e. The van der Waals surface area contributed by atoms with E-state index >= 15 is 0 Å². The Labute approximate surface area is 313 Å². The van der Waals surface area contributed by atoms with Crippen molar-refractivity contribution in [1.29, 1.82) is 0 Å². The molecule has 22 N–H and O–H groups in total. The number of rotatable bonds is 10. The number of halogens is 2. The van der Waals surface area contributed by atoms with E-state index in [1.165, 1.54) is 0 Å². The summed E-state index contributed by atoms with van der Waals surface area (Å²) in [6, 6.07) is 0. The maximum atomic E-state index is 9.98. The van der Waals surface area contributed by atoms with Crippen LogP contribution in [-0.2, 0) is 26.7 Å². The molecule has 0 spiro atoms. The third kappa shape index (κ3) is 34.6. The van der Waals surface area contributed by atoms with Crippen molar-refractivity contribution in [2.75, 3.05) is 13.2 Å². The molecule has 231 valence electrons. The van der Waals surface area contributed by atoms with Gasteiger partial charge in [0.25, 0.3) is 0 Å². The van der Waals surface area contributed by atoms with Gasteiger partial charge in [0.15, 0.2) is 0 Å². The zero-order valence-electron chi connectivity index (χ0n) is 19.9. The Morgan fingerprint density at radius 3 is 0.838 bits per heavy atom. The number of carbonyl (C=O) groups is 2. The van der Waals surface area contributed by atoms with Gasteiger partial charge in [0.2, 0.25) is 0 Å². The normalized spacial score (nSPS) is 14.3. The Morgan fingerprint density at radius 1 is 0.568 bits per heavy atom. The monoisotopic (exact) mass is 759 g/mol. The largest absolute Gasteiger partial charge is 2.00 e. The van der Waals surface area contributed by atoms with Crippen LogP contribution in [0.5, 0.6) is 0 Å². The number of carbonyl (C=O) groups excluding carboxylic acids is 2. The van der Waals surface area contributed by atoms with Crippen molar-refractivity contribution in [2.24, 2.45) is 0 Å². The van der Waals surface area contributed by atoms with Gasteiger partial charge < -0.3 is 130 Å². The molecule has 0 fully saturated rings. The molecule has 0 rings (SSSR count). The molecule has 0 bridgehead atoms. The molecule has 0 saturated heterocycles.